The van der Waals surface area contributed by atoms with Gasteiger partial charge in [0.25, 0.3) is 0 Å². The Kier molecular flexibility index (Phi) is 6.95. The maximum Gasteiger partial charge on any atom is 0.235 e. The molecule has 0 bridgehead atoms. The van der Waals surface area contributed by atoms with E-state index >= 15 is 0 Å². The Morgan fingerprint density at radius 3 is 1.95 bits per heavy atom. The van der Waals surface area contributed by atoms with E-state index in [1.165, 1.54) is 21.7 Å². The lowest BCUT2D eigenvalue weighted by molar-refractivity contribution is 0.670. The van der Waals surface area contributed by atoms with E-state index < -0.39 is 0 Å². The Balaban J connectivity index is 1.11. The maximum absolute atomic E-state index is 6.45. The third kappa shape index (κ3) is 4.87. The highest BCUT2D eigenvalue weighted by Gasteiger charge is 2.26. The van der Waals surface area contributed by atoms with E-state index in [2.05, 4.69) is 161 Å². The summed E-state index contributed by atoms with van der Waals surface area (Å²) in [6.45, 7) is 0. The minimum absolute atomic E-state index is 0.658. The SMILES string of the molecule is C1=Cc2c(c3c4c5ccccc5n(-c5cccc(-c6cccc7c6oc6ccccc67)n5)c4ccc3n2-c2nc(-c3ccccc3)cc(-c3ccccc3)n2)CC1. The number of para-hydroxylation sites is 3. The lowest BCUT2D eigenvalue weighted by Gasteiger charge is -2.13. The number of fused-ring (bicyclic) bond motifs is 10. The second-order valence-electron chi connectivity index (χ2n) is 14.7. The van der Waals surface area contributed by atoms with Crippen LogP contribution in [0.1, 0.15) is 17.7 Å². The van der Waals surface area contributed by atoms with Crippen molar-refractivity contribution < 1.29 is 4.42 Å². The summed E-state index contributed by atoms with van der Waals surface area (Å²) in [7, 11) is 0. The van der Waals surface area contributed by atoms with Gasteiger partial charge in [-0.2, -0.15) is 0 Å². The topological polar surface area (TPSA) is 61.7 Å². The molecule has 0 unspecified atom stereocenters. The molecule has 0 amide bonds. The Bertz CT molecular complexity index is 3350. The van der Waals surface area contributed by atoms with E-state index in [0.29, 0.717) is 5.95 Å². The number of aromatic nitrogens is 5. The van der Waals surface area contributed by atoms with E-state index in [-0.39, 0.29) is 0 Å². The average Bonchev–Trinajstić information content (AvgIpc) is 3.95. The summed E-state index contributed by atoms with van der Waals surface area (Å²) in [5.74, 6) is 1.51. The molecule has 6 aromatic carbocycles. The van der Waals surface area contributed by atoms with Crippen LogP contribution >= 0.6 is 0 Å². The highest BCUT2D eigenvalue weighted by molar-refractivity contribution is 6.22. The van der Waals surface area contributed by atoms with Crippen molar-refractivity contribution in [2.24, 2.45) is 0 Å². The Labute approximate surface area is 327 Å². The fourth-order valence-corrected chi connectivity index (χ4v) is 8.94. The molecule has 6 nitrogen and oxygen atoms in total. The first-order valence-electron chi connectivity index (χ1n) is 19.4. The molecular formula is C51H33N5O. The minimum Gasteiger partial charge on any atom is -0.455 e. The van der Waals surface area contributed by atoms with Crippen molar-refractivity contribution in [3.63, 3.8) is 0 Å². The predicted molar refractivity (Wildman–Crippen MR) is 232 cm³/mol. The van der Waals surface area contributed by atoms with Crippen LogP contribution in [0, 0.1) is 0 Å². The molecule has 0 saturated carbocycles. The molecule has 0 radical (unpaired) electrons. The van der Waals surface area contributed by atoms with Gasteiger partial charge in [-0.05, 0) is 73.0 Å². The summed E-state index contributed by atoms with van der Waals surface area (Å²) in [5, 5.41) is 5.83. The third-order valence-corrected chi connectivity index (χ3v) is 11.4. The number of furan rings is 1. The van der Waals surface area contributed by atoms with Crippen molar-refractivity contribution in [2.75, 3.05) is 0 Å². The fourth-order valence-electron chi connectivity index (χ4n) is 8.94. The number of allylic oxidation sites excluding steroid dienone is 1. The second-order valence-corrected chi connectivity index (χ2v) is 14.7. The molecule has 1 aliphatic rings. The van der Waals surface area contributed by atoms with E-state index in [4.69, 9.17) is 19.4 Å². The van der Waals surface area contributed by atoms with Gasteiger partial charge in [-0.25, -0.2) is 15.0 Å². The van der Waals surface area contributed by atoms with E-state index in [1.807, 2.05) is 24.3 Å². The zero-order chi connectivity index (χ0) is 37.5. The smallest absolute Gasteiger partial charge is 0.235 e. The van der Waals surface area contributed by atoms with Crippen molar-refractivity contribution >= 4 is 60.7 Å². The van der Waals surface area contributed by atoms with Crippen LogP contribution in [-0.4, -0.2) is 24.1 Å². The summed E-state index contributed by atoms with van der Waals surface area (Å²) in [6.07, 6.45) is 6.43. The van der Waals surface area contributed by atoms with Gasteiger partial charge >= 0.3 is 0 Å². The fraction of sp³-hybridized carbons (Fsp3) is 0.0392. The predicted octanol–water partition coefficient (Wildman–Crippen LogP) is 12.8. The largest absolute Gasteiger partial charge is 0.455 e. The van der Waals surface area contributed by atoms with Crippen molar-refractivity contribution in [1.82, 2.24) is 24.1 Å². The Morgan fingerprint density at radius 1 is 0.491 bits per heavy atom. The molecule has 1 aliphatic carbocycles. The number of hydrogen-bond acceptors (Lipinski definition) is 4. The third-order valence-electron chi connectivity index (χ3n) is 11.4. The average molecular weight is 732 g/mol. The lowest BCUT2D eigenvalue weighted by Crippen LogP contribution is -2.07. The summed E-state index contributed by atoms with van der Waals surface area (Å²) in [5.41, 5.74) is 13.2. The van der Waals surface area contributed by atoms with Crippen LogP contribution in [0.15, 0.2) is 174 Å². The normalized spacial score (nSPS) is 12.7. The summed E-state index contributed by atoms with van der Waals surface area (Å²) >= 11 is 0. The molecule has 0 spiro atoms. The minimum atomic E-state index is 0.658. The van der Waals surface area contributed by atoms with Crippen molar-refractivity contribution in [2.45, 2.75) is 12.8 Å². The summed E-state index contributed by atoms with van der Waals surface area (Å²) in [6, 6.07) is 56.9. The Morgan fingerprint density at radius 2 is 1.16 bits per heavy atom. The van der Waals surface area contributed by atoms with Gasteiger partial charge in [-0.15, -0.1) is 0 Å². The second kappa shape index (κ2) is 12.5. The molecule has 57 heavy (non-hydrogen) atoms. The molecule has 5 aromatic heterocycles. The molecule has 0 N–H and O–H groups in total. The lowest BCUT2D eigenvalue weighted by atomic mass is 9.98. The molecule has 5 heterocycles. The van der Waals surface area contributed by atoms with Crippen LogP contribution in [-0.2, 0) is 6.42 Å². The molecular weight excluding hydrogens is 699 g/mol. The number of pyridine rings is 1. The van der Waals surface area contributed by atoms with Gasteiger partial charge in [0.05, 0.1) is 39.3 Å². The van der Waals surface area contributed by atoms with Gasteiger partial charge in [-0.1, -0.05) is 121 Å². The van der Waals surface area contributed by atoms with E-state index in [1.54, 1.807) is 0 Å². The maximum atomic E-state index is 6.45. The van der Waals surface area contributed by atoms with Gasteiger partial charge in [0, 0.05) is 43.6 Å². The molecule has 0 atom stereocenters. The highest BCUT2D eigenvalue weighted by Crippen LogP contribution is 2.43. The van der Waals surface area contributed by atoms with E-state index in [0.717, 1.165) is 96.6 Å². The number of nitrogens with zero attached hydrogens (tertiary/aromatic N) is 5. The molecule has 11 aromatic rings. The van der Waals surface area contributed by atoms with Crippen LogP contribution in [0.5, 0.6) is 0 Å². The number of hydrogen-bond donors (Lipinski definition) is 0. The first-order valence-corrected chi connectivity index (χ1v) is 19.4. The van der Waals surface area contributed by atoms with Crippen molar-refractivity contribution in [3.8, 4) is 45.5 Å². The van der Waals surface area contributed by atoms with Crippen LogP contribution in [0.4, 0.5) is 0 Å². The van der Waals surface area contributed by atoms with Gasteiger partial charge in [-0.3, -0.25) is 9.13 Å². The molecule has 268 valence electrons. The number of rotatable bonds is 5. The zero-order valence-corrected chi connectivity index (χ0v) is 30.8. The van der Waals surface area contributed by atoms with Crippen LogP contribution < -0.4 is 0 Å². The molecule has 0 saturated heterocycles. The summed E-state index contributed by atoms with van der Waals surface area (Å²) < 4.78 is 11.0. The molecule has 6 heteroatoms. The van der Waals surface area contributed by atoms with Crippen LogP contribution in [0.2, 0.25) is 0 Å². The molecule has 12 rings (SSSR count). The monoisotopic (exact) mass is 731 g/mol. The van der Waals surface area contributed by atoms with Gasteiger partial charge < -0.3 is 4.42 Å². The van der Waals surface area contributed by atoms with Crippen LogP contribution in [0.3, 0.4) is 0 Å². The van der Waals surface area contributed by atoms with Gasteiger partial charge in [0.1, 0.15) is 17.0 Å². The molecule has 0 aliphatic heterocycles. The Hall–Kier alpha value is -7.57. The molecule has 0 fully saturated rings. The van der Waals surface area contributed by atoms with E-state index in [9.17, 15) is 0 Å². The standard InChI is InChI=1S/C51H33N5O/c1-3-15-32(16-4-1)40-31-41(33-17-5-2-6-18-33)54-51(53-40)56-43-26-11-8-21-38(43)49-45(56)30-29-44-48(49)37-20-7-10-25-42(37)55(44)47-28-14-24-39(52-47)36-23-13-22-35-34-19-9-12-27-46(34)57-50(35)36/h1-7,9-20,22-31H,8,21H2. The first-order chi connectivity index (χ1) is 28.3. The number of aryl methyl sites for hydroxylation is 1. The highest BCUT2D eigenvalue weighted by atomic mass is 16.3. The quantitative estimate of drug-likeness (QED) is 0.177. The van der Waals surface area contributed by atoms with Crippen molar-refractivity contribution in [1.29, 1.82) is 0 Å². The van der Waals surface area contributed by atoms with Gasteiger partial charge in [0.15, 0.2) is 0 Å². The van der Waals surface area contributed by atoms with Crippen molar-refractivity contribution in [3.05, 3.63) is 181 Å². The zero-order valence-electron chi connectivity index (χ0n) is 30.8. The first kappa shape index (κ1) is 31.7. The van der Waals surface area contributed by atoms with Crippen LogP contribution in [0.25, 0.3) is 106 Å². The van der Waals surface area contributed by atoms with Gasteiger partial charge in [0.2, 0.25) is 5.95 Å². The number of benzene rings is 6. The summed E-state index contributed by atoms with van der Waals surface area (Å²) in [4.78, 5) is 16.0.